The van der Waals surface area contributed by atoms with Crippen LogP contribution in [0.5, 0.6) is 5.88 Å². The van der Waals surface area contributed by atoms with Gasteiger partial charge in [-0.25, -0.2) is 4.98 Å². The molecule has 1 aromatic carbocycles. The highest BCUT2D eigenvalue weighted by Crippen LogP contribution is 2.32. The molecule has 1 N–H and O–H groups in total. The van der Waals surface area contributed by atoms with Crippen LogP contribution in [0.4, 0.5) is 26.3 Å². The van der Waals surface area contributed by atoms with E-state index in [1.165, 1.54) is 25.1 Å². The number of hydrogen-bond acceptors (Lipinski definition) is 5. The molecule has 0 aliphatic carbocycles. The van der Waals surface area contributed by atoms with Crippen LogP contribution in [0.1, 0.15) is 34.7 Å². The number of halogens is 7. The molecular weight excluding hydrogens is 480 g/mol. The van der Waals surface area contributed by atoms with Gasteiger partial charge in [-0.2, -0.15) is 41.1 Å². The Morgan fingerprint density at radius 1 is 1.18 bits per heavy atom. The summed E-state index contributed by atoms with van der Waals surface area (Å²) in [5.74, 6) is -1.02. The maximum absolute atomic E-state index is 13.0. The number of pyridine rings is 1. The minimum atomic E-state index is -4.70. The number of aromatic nitrogens is 4. The van der Waals surface area contributed by atoms with E-state index in [4.69, 9.17) is 11.6 Å². The van der Waals surface area contributed by atoms with Crippen molar-refractivity contribution in [2.45, 2.75) is 25.3 Å². The van der Waals surface area contributed by atoms with Crippen LogP contribution in [-0.4, -0.2) is 38.4 Å². The first-order chi connectivity index (χ1) is 15.3. The van der Waals surface area contributed by atoms with Gasteiger partial charge in [0.1, 0.15) is 6.33 Å². The molecule has 176 valence electrons. The second-order valence-corrected chi connectivity index (χ2v) is 7.13. The van der Waals surface area contributed by atoms with Crippen LogP contribution in [0.3, 0.4) is 0 Å². The Morgan fingerprint density at radius 2 is 1.91 bits per heavy atom. The number of amides is 1. The molecule has 0 saturated heterocycles. The molecule has 2 aromatic heterocycles. The summed E-state index contributed by atoms with van der Waals surface area (Å²) in [4.78, 5) is 20.5. The normalized spacial score (nSPS) is 13.0. The van der Waals surface area contributed by atoms with Gasteiger partial charge in [0.05, 0.1) is 11.6 Å². The molecule has 7 nitrogen and oxygen atoms in total. The summed E-state index contributed by atoms with van der Waals surface area (Å²) in [6.45, 7) is -0.0582. The molecule has 0 radical (unpaired) electrons. The number of benzene rings is 1. The molecular formula is C19H14ClF6N5O2. The fraction of sp³-hybridized carbons (Fsp3) is 0.263. The summed E-state index contributed by atoms with van der Waals surface area (Å²) in [5.41, 5.74) is -1.41. The first-order valence-electron chi connectivity index (χ1n) is 9.09. The first kappa shape index (κ1) is 24.3. The molecule has 33 heavy (non-hydrogen) atoms. The average Bonchev–Trinajstić information content (AvgIpc) is 3.21. The van der Waals surface area contributed by atoms with Crippen molar-refractivity contribution < 1.29 is 35.9 Å². The molecule has 1 atom stereocenters. The van der Waals surface area contributed by atoms with Crippen LogP contribution in [0, 0.1) is 0 Å². The van der Waals surface area contributed by atoms with E-state index in [1.807, 2.05) is 0 Å². The number of alkyl halides is 6. The molecule has 2 heterocycles. The first-order valence-corrected chi connectivity index (χ1v) is 9.47. The van der Waals surface area contributed by atoms with Crippen LogP contribution in [0.15, 0.2) is 42.7 Å². The Hall–Kier alpha value is -3.35. The maximum atomic E-state index is 13.0. The SMILES string of the molecule is C[C@H](NC(=O)c1cc(Cl)cc(C(F)(F)F)c1)c1ncnn1-c1cccc(OCC(F)(F)F)n1. The maximum Gasteiger partial charge on any atom is 0.422 e. The number of carbonyl (C=O) groups is 1. The Morgan fingerprint density at radius 3 is 2.58 bits per heavy atom. The van der Waals surface area contributed by atoms with Crippen molar-refractivity contribution in [1.82, 2.24) is 25.1 Å². The standard InChI is InChI=1S/C19H14ClF6N5O2/c1-10(29-17(32)11-5-12(19(24,25)26)7-13(20)6-11)16-27-9-28-31(16)14-3-2-4-15(30-14)33-8-18(21,22)23/h2-7,9-10H,8H2,1H3,(H,29,32)/t10-/m0/s1. The number of rotatable bonds is 6. The van der Waals surface area contributed by atoms with Gasteiger partial charge in [-0.1, -0.05) is 17.7 Å². The zero-order valence-corrected chi connectivity index (χ0v) is 17.3. The van der Waals surface area contributed by atoms with Crippen molar-refractivity contribution in [1.29, 1.82) is 0 Å². The molecule has 3 aromatic rings. The molecule has 0 aliphatic heterocycles. The van der Waals surface area contributed by atoms with E-state index in [9.17, 15) is 31.1 Å². The summed E-state index contributed by atoms with van der Waals surface area (Å²) >= 11 is 5.71. The number of ether oxygens (including phenoxy) is 1. The van der Waals surface area contributed by atoms with Gasteiger partial charge in [0, 0.05) is 16.7 Å². The van der Waals surface area contributed by atoms with Gasteiger partial charge in [-0.05, 0) is 31.2 Å². The monoisotopic (exact) mass is 493 g/mol. The lowest BCUT2D eigenvalue weighted by molar-refractivity contribution is -0.154. The second-order valence-electron chi connectivity index (χ2n) is 6.69. The topological polar surface area (TPSA) is 81.9 Å². The minimum absolute atomic E-state index is 0.0467. The van der Waals surface area contributed by atoms with E-state index < -0.39 is 36.5 Å². The van der Waals surface area contributed by atoms with Gasteiger partial charge in [0.25, 0.3) is 5.91 Å². The van der Waals surface area contributed by atoms with Gasteiger partial charge < -0.3 is 10.1 Å². The van der Waals surface area contributed by atoms with Gasteiger partial charge >= 0.3 is 12.4 Å². The quantitative estimate of drug-likeness (QED) is 0.500. The second kappa shape index (κ2) is 9.25. The highest BCUT2D eigenvalue weighted by atomic mass is 35.5. The van der Waals surface area contributed by atoms with Gasteiger partial charge in [-0.15, -0.1) is 0 Å². The predicted octanol–water partition coefficient (Wildman–Crippen LogP) is 4.77. The van der Waals surface area contributed by atoms with E-state index >= 15 is 0 Å². The van der Waals surface area contributed by atoms with Crippen LogP contribution in [0.2, 0.25) is 5.02 Å². The average molecular weight is 494 g/mol. The lowest BCUT2D eigenvalue weighted by Gasteiger charge is -2.16. The molecule has 0 bridgehead atoms. The molecule has 0 fully saturated rings. The highest BCUT2D eigenvalue weighted by Gasteiger charge is 2.32. The molecule has 0 spiro atoms. The van der Waals surface area contributed by atoms with E-state index in [2.05, 4.69) is 25.1 Å². The number of nitrogens with zero attached hydrogens (tertiary/aromatic N) is 4. The Labute approximate surface area is 187 Å². The predicted molar refractivity (Wildman–Crippen MR) is 103 cm³/mol. The summed E-state index contributed by atoms with van der Waals surface area (Å²) in [6, 6.07) is 5.56. The van der Waals surface area contributed by atoms with Crippen molar-refractivity contribution in [3.05, 3.63) is 64.7 Å². The van der Waals surface area contributed by atoms with Gasteiger partial charge in [-0.3, -0.25) is 4.79 Å². The number of nitrogens with one attached hydrogen (secondary N) is 1. The number of hydrogen-bond donors (Lipinski definition) is 1. The van der Waals surface area contributed by atoms with Crippen molar-refractivity contribution in [3.8, 4) is 11.7 Å². The van der Waals surface area contributed by atoms with Crippen molar-refractivity contribution >= 4 is 17.5 Å². The third-order valence-electron chi connectivity index (χ3n) is 4.11. The Kier molecular flexibility index (Phi) is 6.81. The largest absolute Gasteiger partial charge is 0.468 e. The van der Waals surface area contributed by atoms with Gasteiger partial charge in [0.2, 0.25) is 5.88 Å². The molecule has 14 heteroatoms. The van der Waals surface area contributed by atoms with Crippen molar-refractivity contribution in [2.75, 3.05) is 6.61 Å². The lowest BCUT2D eigenvalue weighted by atomic mass is 10.1. The summed E-state index contributed by atoms with van der Waals surface area (Å²) in [5, 5.41) is 6.15. The van der Waals surface area contributed by atoms with Crippen LogP contribution in [-0.2, 0) is 6.18 Å². The summed E-state index contributed by atoms with van der Waals surface area (Å²) in [7, 11) is 0. The highest BCUT2D eigenvalue weighted by molar-refractivity contribution is 6.31. The Bertz CT molecular complexity index is 1150. The van der Waals surface area contributed by atoms with Crippen LogP contribution in [0.25, 0.3) is 5.82 Å². The minimum Gasteiger partial charge on any atom is -0.468 e. The van der Waals surface area contributed by atoms with E-state index in [-0.39, 0.29) is 28.1 Å². The molecule has 3 rings (SSSR count). The fourth-order valence-electron chi connectivity index (χ4n) is 2.71. The zero-order valence-electron chi connectivity index (χ0n) is 16.6. The summed E-state index contributed by atoms with van der Waals surface area (Å²) < 4.78 is 81.9. The smallest absolute Gasteiger partial charge is 0.422 e. The third kappa shape index (κ3) is 6.34. The zero-order chi connectivity index (χ0) is 24.4. The fourth-order valence-corrected chi connectivity index (χ4v) is 2.94. The van der Waals surface area contributed by atoms with E-state index in [0.29, 0.717) is 12.1 Å². The lowest BCUT2D eigenvalue weighted by Crippen LogP contribution is -2.29. The van der Waals surface area contributed by atoms with Crippen LogP contribution < -0.4 is 10.1 Å². The van der Waals surface area contributed by atoms with Crippen molar-refractivity contribution in [3.63, 3.8) is 0 Å². The Balaban J connectivity index is 1.80. The third-order valence-corrected chi connectivity index (χ3v) is 4.32. The van der Waals surface area contributed by atoms with Crippen molar-refractivity contribution in [2.24, 2.45) is 0 Å². The number of carbonyl (C=O) groups excluding carboxylic acids is 1. The molecule has 1 amide bonds. The molecule has 0 aliphatic rings. The molecule has 0 unspecified atom stereocenters. The molecule has 0 saturated carbocycles. The summed E-state index contributed by atoms with van der Waals surface area (Å²) in [6.07, 6.45) is -8.14. The van der Waals surface area contributed by atoms with E-state index in [1.54, 1.807) is 0 Å². The van der Waals surface area contributed by atoms with E-state index in [0.717, 1.165) is 17.1 Å². The van der Waals surface area contributed by atoms with Gasteiger partial charge in [0.15, 0.2) is 18.2 Å². The van der Waals surface area contributed by atoms with Crippen LogP contribution >= 0.6 is 11.6 Å².